The van der Waals surface area contributed by atoms with E-state index in [1.807, 2.05) is 20.8 Å². The Hall–Kier alpha value is -9.62. The molecule has 0 spiro atoms. The van der Waals surface area contributed by atoms with Gasteiger partial charge in [0.25, 0.3) is 0 Å². The number of fused-ring (bicyclic) bond motifs is 7. The Labute approximate surface area is 651 Å². The number of benzene rings is 9. The first-order chi connectivity index (χ1) is 52.5. The minimum absolute atomic E-state index is 0.0571. The van der Waals surface area contributed by atoms with E-state index in [4.69, 9.17) is 32.5 Å². The maximum Gasteiger partial charge on any atom is 0.500 e. The van der Waals surface area contributed by atoms with Gasteiger partial charge in [0.15, 0.2) is 0 Å². The average Bonchev–Trinajstić information content (AvgIpc) is 1.59. The molecule has 12 rings (SSSR count). The molecule has 0 saturated heterocycles. The molecule has 0 saturated carbocycles. The van der Waals surface area contributed by atoms with E-state index in [0.717, 1.165) is 110 Å². The van der Waals surface area contributed by atoms with Crippen LogP contribution in [0.1, 0.15) is 202 Å². The molecule has 1 amide bonds. The summed E-state index contributed by atoms with van der Waals surface area (Å²) in [7, 11) is -2.73. The lowest BCUT2D eigenvalue weighted by atomic mass is 9.80. The number of carbonyl (C=O) groups excluding carboxylic acids is 1. The summed E-state index contributed by atoms with van der Waals surface area (Å²) in [6, 6.07) is 67.5. The number of ether oxygens (including phenoxy) is 3. The molecular weight excluding hydrogens is 1360 g/mol. The fourth-order valence-electron chi connectivity index (χ4n) is 15.3. The van der Waals surface area contributed by atoms with Gasteiger partial charge in [0.2, 0.25) is 5.91 Å². The van der Waals surface area contributed by atoms with Gasteiger partial charge in [-0.2, -0.15) is 0 Å². The number of carbonyl (C=O) groups is 1. The number of anilines is 3. The molecule has 11 heteroatoms. The van der Waals surface area contributed by atoms with Gasteiger partial charge in [-0.05, 0) is 209 Å². The first kappa shape index (κ1) is 78.9. The topological polar surface area (TPSA) is 100 Å². The Morgan fingerprint density at radius 1 is 0.450 bits per heavy atom. The molecule has 10 nitrogen and oxygen atoms in total. The number of allylic oxidation sites excluding steroid dienone is 1. The molecule has 9 aromatic rings. The van der Waals surface area contributed by atoms with Crippen molar-refractivity contribution in [1.82, 2.24) is 5.32 Å². The number of aryl methyl sites for hydroxylation is 1. The van der Waals surface area contributed by atoms with Crippen LogP contribution in [0.5, 0.6) is 17.2 Å². The van der Waals surface area contributed by atoms with Crippen molar-refractivity contribution >= 4 is 85.7 Å². The zero-order valence-electron chi connectivity index (χ0n) is 67.1. The van der Waals surface area contributed by atoms with Crippen molar-refractivity contribution in [2.75, 3.05) is 51.1 Å². The highest BCUT2D eigenvalue weighted by molar-refractivity contribution is 6.60. The van der Waals surface area contributed by atoms with Crippen LogP contribution < -0.4 is 24.4 Å². The molecule has 0 radical (unpaired) electrons. The van der Waals surface area contributed by atoms with E-state index in [-0.39, 0.29) is 22.2 Å². The van der Waals surface area contributed by atoms with Gasteiger partial charge in [-0.15, -0.1) is 0 Å². The molecule has 2 aliphatic carbocycles. The fourth-order valence-corrected chi connectivity index (χ4v) is 17.9. The normalized spacial score (nSPS) is 14.5. The quantitative estimate of drug-likeness (QED) is 0.0238. The molecule has 0 unspecified atom stereocenters. The summed E-state index contributed by atoms with van der Waals surface area (Å²) in [5, 5.41) is 3.10. The number of rotatable bonds is 35. The zero-order chi connectivity index (χ0) is 77.0. The first-order valence-corrected chi connectivity index (χ1v) is 41.7. The summed E-state index contributed by atoms with van der Waals surface area (Å²) in [5.74, 6) is 3.73. The zero-order valence-corrected chi connectivity index (χ0v) is 68.1. The maximum atomic E-state index is 12.9. The van der Waals surface area contributed by atoms with Crippen LogP contribution in [0.3, 0.4) is 0 Å². The molecule has 566 valence electrons. The summed E-state index contributed by atoms with van der Waals surface area (Å²) in [6.45, 7) is 36.9. The molecule has 0 bridgehead atoms. The Morgan fingerprint density at radius 2 is 0.936 bits per heavy atom. The average molecular weight is 1470 g/mol. The number of nitrogens with one attached hydrogen (secondary N) is 1. The van der Waals surface area contributed by atoms with E-state index in [1.54, 1.807) is 0 Å². The van der Waals surface area contributed by atoms with Crippen LogP contribution in [0.15, 0.2) is 193 Å². The van der Waals surface area contributed by atoms with Gasteiger partial charge in [-0.25, -0.2) is 0 Å². The Balaban J connectivity index is 0.727. The van der Waals surface area contributed by atoms with E-state index in [9.17, 15) is 4.79 Å². The highest BCUT2D eigenvalue weighted by Gasteiger charge is 2.41. The standard InChI is InChI=1S/C98H113N3O7Si/c1-16-106-109(107-17-2,108-18-3)58-24-56-99-95(102)30-23-25-71-39-53-90-89(59-71)98(14,15)94(100-90)54-40-74-36-46-77(93(62-74)105-66-69(8)9)45-35-73-34-44-76(92(61-73)104-65-68(6)7)43-33-72-32-42-75(91(60-72)103-57-55-67(4)5)41-31-70-37-47-78(48-38-70)101(79-50-52-87-84(63-79)82-27-20-22-29-86(82)96(87,10)11)80-49-51-83-81-26-19-21-28-85(81)97(12,13)88(83)64-80/h19-22,26-29,31-54,59-64,67-69H,16-18,23-25,30,55-58,65-66H2,1-15H3,(H,99,102)/b41-31+,43-33+,45-35+,54-40+. The van der Waals surface area contributed by atoms with Crippen molar-refractivity contribution in [3.63, 3.8) is 0 Å². The van der Waals surface area contributed by atoms with E-state index in [0.29, 0.717) is 76.4 Å². The van der Waals surface area contributed by atoms with Gasteiger partial charge in [0, 0.05) is 88.8 Å². The number of amides is 1. The van der Waals surface area contributed by atoms with Gasteiger partial charge in [0.1, 0.15) is 17.2 Å². The van der Waals surface area contributed by atoms with E-state index in [2.05, 4.69) is 324 Å². The van der Waals surface area contributed by atoms with Crippen molar-refractivity contribution in [2.24, 2.45) is 22.7 Å². The lowest BCUT2D eigenvalue weighted by Gasteiger charge is -2.29. The SMILES string of the molecule is CCO[Si](CCCNC(=O)CCCc1ccc2c(c1)C(C)(C)C(/C=C/c1ccc(/C=C/c3ccc(/C=C/c4ccc(/C=C/c5ccc(N(c6ccc7c(c6)-c6ccccc6C7(C)C)c6ccc7c(c6)C(C)(C)c6ccccc6-7)cc5)c(OCCC(C)C)c4)c(OCC(C)C)c3)c(OCC(C)C)c1)=N2)(OCC)OCC. The molecule has 3 aliphatic rings. The summed E-state index contributed by atoms with van der Waals surface area (Å²) < 4.78 is 37.8. The van der Waals surface area contributed by atoms with E-state index >= 15 is 0 Å². The summed E-state index contributed by atoms with van der Waals surface area (Å²) in [6.07, 6.45) is 21.0. The molecule has 9 aromatic carbocycles. The van der Waals surface area contributed by atoms with Gasteiger partial charge in [-0.3, -0.25) is 9.79 Å². The Morgan fingerprint density at radius 3 is 1.50 bits per heavy atom. The van der Waals surface area contributed by atoms with E-state index in [1.165, 1.54) is 55.6 Å². The number of nitrogens with zero attached hydrogens (tertiary/aromatic N) is 2. The summed E-state index contributed by atoms with van der Waals surface area (Å²) >= 11 is 0. The lowest BCUT2D eigenvalue weighted by Crippen LogP contribution is -2.46. The third-order valence-corrected chi connectivity index (χ3v) is 24.5. The van der Waals surface area contributed by atoms with E-state index < -0.39 is 8.80 Å². The second kappa shape index (κ2) is 34.9. The van der Waals surface area contributed by atoms with Gasteiger partial charge in [-0.1, -0.05) is 247 Å². The van der Waals surface area contributed by atoms with Gasteiger partial charge >= 0.3 is 8.80 Å². The van der Waals surface area contributed by atoms with Crippen LogP contribution in [0, 0.1) is 17.8 Å². The van der Waals surface area contributed by atoms with Crippen molar-refractivity contribution in [3.8, 4) is 39.5 Å². The first-order valence-electron chi connectivity index (χ1n) is 39.8. The van der Waals surface area contributed by atoms with Crippen LogP contribution >= 0.6 is 0 Å². The Bertz CT molecular complexity index is 4840. The maximum absolute atomic E-state index is 12.9. The largest absolute Gasteiger partial charge is 0.500 e. The third kappa shape index (κ3) is 18.5. The lowest BCUT2D eigenvalue weighted by molar-refractivity contribution is -0.121. The number of hydrogen-bond donors (Lipinski definition) is 1. The highest BCUT2D eigenvalue weighted by atomic mass is 28.4. The molecule has 0 aromatic heterocycles. The molecule has 1 aliphatic heterocycles. The molecule has 0 atom stereocenters. The summed E-state index contributed by atoms with van der Waals surface area (Å²) in [5.41, 5.74) is 25.0. The van der Waals surface area contributed by atoms with Crippen LogP contribution in [0.2, 0.25) is 6.04 Å². The monoisotopic (exact) mass is 1470 g/mol. The van der Waals surface area contributed by atoms with Crippen molar-refractivity contribution in [3.05, 3.63) is 260 Å². The van der Waals surface area contributed by atoms with Gasteiger partial charge in [0.05, 0.1) is 31.2 Å². The van der Waals surface area contributed by atoms with Crippen LogP contribution in [-0.4, -0.2) is 66.6 Å². The van der Waals surface area contributed by atoms with Crippen LogP contribution in [0.4, 0.5) is 22.7 Å². The highest BCUT2D eigenvalue weighted by Crippen LogP contribution is 2.53. The number of aliphatic imine (C=N–C) groups is 1. The van der Waals surface area contributed by atoms with Crippen molar-refractivity contribution < 1.29 is 32.3 Å². The number of hydrogen-bond acceptors (Lipinski definition) is 9. The summed E-state index contributed by atoms with van der Waals surface area (Å²) in [4.78, 5) is 20.5. The molecular formula is C98H113N3O7Si. The second-order valence-electron chi connectivity index (χ2n) is 32.2. The minimum atomic E-state index is -2.73. The van der Waals surface area contributed by atoms with Crippen LogP contribution in [-0.2, 0) is 40.7 Å². The molecule has 1 N–H and O–H groups in total. The minimum Gasteiger partial charge on any atom is -0.493 e. The van der Waals surface area contributed by atoms with Gasteiger partial charge < -0.3 is 37.7 Å². The van der Waals surface area contributed by atoms with Crippen LogP contribution in [0.25, 0.3) is 64.8 Å². The Kier molecular flexibility index (Phi) is 25.3. The van der Waals surface area contributed by atoms with Crippen molar-refractivity contribution in [1.29, 1.82) is 0 Å². The second-order valence-corrected chi connectivity index (χ2v) is 34.9. The predicted molar refractivity (Wildman–Crippen MR) is 460 cm³/mol. The molecule has 0 fully saturated rings. The fraction of sp³-hybridized carbons (Fsp3) is 0.347. The smallest absolute Gasteiger partial charge is 0.493 e. The molecule has 1 heterocycles. The molecule has 109 heavy (non-hydrogen) atoms. The predicted octanol–water partition coefficient (Wildman–Crippen LogP) is 24.7. The van der Waals surface area contributed by atoms with Crippen molar-refractivity contribution in [2.45, 2.75) is 158 Å². The third-order valence-electron chi connectivity index (χ3n) is 21.4.